The van der Waals surface area contributed by atoms with Crippen molar-refractivity contribution in [1.29, 1.82) is 0 Å². The predicted molar refractivity (Wildman–Crippen MR) is 187 cm³/mol. The van der Waals surface area contributed by atoms with Gasteiger partial charge in [-0.1, -0.05) is 20.3 Å². The number of aldehydes is 1. The van der Waals surface area contributed by atoms with Gasteiger partial charge in [-0.2, -0.15) is 0 Å². The van der Waals surface area contributed by atoms with Crippen LogP contribution in [0.5, 0.6) is 0 Å². The van der Waals surface area contributed by atoms with Gasteiger partial charge in [0.2, 0.25) is 0 Å². The Kier molecular flexibility index (Phi) is 9.05. The van der Waals surface area contributed by atoms with Crippen molar-refractivity contribution in [2.45, 2.75) is 104 Å². The third-order valence-corrected chi connectivity index (χ3v) is 16.7. The molecule has 1 aromatic rings. The highest BCUT2D eigenvalue weighted by molar-refractivity contribution is 7.85. The van der Waals surface area contributed by atoms with Gasteiger partial charge in [0.25, 0.3) is 0 Å². The highest BCUT2D eigenvalue weighted by Gasteiger charge is 2.66. The minimum absolute atomic E-state index is 0.0635. The van der Waals surface area contributed by atoms with Gasteiger partial charge in [-0.15, -0.1) is 0 Å². The van der Waals surface area contributed by atoms with Crippen molar-refractivity contribution in [1.82, 2.24) is 10.2 Å². The van der Waals surface area contributed by atoms with Crippen LogP contribution in [0, 0.1) is 51.7 Å². The van der Waals surface area contributed by atoms with Crippen molar-refractivity contribution >= 4 is 22.8 Å². The third kappa shape index (κ3) is 5.45. The lowest BCUT2D eigenvalue weighted by Gasteiger charge is -2.70. The van der Waals surface area contributed by atoms with Crippen LogP contribution in [0.15, 0.2) is 18.2 Å². The maximum atomic E-state index is 14.7. The Hall–Kier alpha value is -1.31. The van der Waals surface area contributed by atoms with Gasteiger partial charge in [0.05, 0.1) is 5.56 Å². The summed E-state index contributed by atoms with van der Waals surface area (Å²) in [6.45, 7) is 16.6. The molecule has 2 saturated heterocycles. The average Bonchev–Trinajstić information content (AvgIpc) is 3.46. The van der Waals surface area contributed by atoms with Crippen LogP contribution in [0.3, 0.4) is 0 Å². The Labute approximate surface area is 280 Å². The van der Waals surface area contributed by atoms with E-state index in [1.165, 1.54) is 77.2 Å². The smallest absolute Gasteiger partial charge is 0.152 e. The van der Waals surface area contributed by atoms with E-state index < -0.39 is 16.6 Å². The highest BCUT2D eigenvalue weighted by Crippen LogP contribution is 2.72. The number of fused-ring (bicyclic) bond motifs is 7. The largest absolute Gasteiger partial charge is 0.366 e. The second-order valence-corrected chi connectivity index (χ2v) is 19.2. The molecule has 8 atom stereocenters. The van der Waals surface area contributed by atoms with E-state index in [0.717, 1.165) is 73.6 Å². The molecule has 0 aromatic heterocycles. The number of nitrogens with one attached hydrogen (secondary N) is 1. The lowest BCUT2D eigenvalue weighted by Crippen LogP contribution is -2.67. The fraction of sp³-hybridized carbons (Fsp3) is 0.821. The molecule has 6 aliphatic rings. The Morgan fingerprint density at radius 3 is 2.48 bits per heavy atom. The molecule has 4 aliphatic carbocycles. The normalized spacial score (nSPS) is 40.9. The van der Waals surface area contributed by atoms with Crippen molar-refractivity contribution in [3.05, 3.63) is 29.6 Å². The quantitative estimate of drug-likeness (QED) is 0.236. The molecule has 256 valence electrons. The van der Waals surface area contributed by atoms with Crippen LogP contribution in [0.1, 0.15) is 109 Å². The number of nitrogens with zero attached hydrogens (tertiary/aromatic N) is 2. The van der Waals surface area contributed by atoms with Crippen molar-refractivity contribution in [3.63, 3.8) is 0 Å². The molecule has 2 unspecified atom stereocenters. The molecular weight excluding hydrogens is 594 g/mol. The summed E-state index contributed by atoms with van der Waals surface area (Å²) in [5, 5.41) is 3.97. The summed E-state index contributed by atoms with van der Waals surface area (Å²) in [5.41, 5.74) is 2.24. The summed E-state index contributed by atoms with van der Waals surface area (Å²) < 4.78 is 26.4. The maximum absolute atomic E-state index is 14.7. The summed E-state index contributed by atoms with van der Waals surface area (Å²) >= 11 is 0. The fourth-order valence-electron chi connectivity index (χ4n) is 13.3. The van der Waals surface area contributed by atoms with Crippen LogP contribution in [-0.4, -0.2) is 71.7 Å². The first-order valence-corrected chi connectivity index (χ1v) is 20.3. The molecule has 7 heteroatoms. The molecule has 46 heavy (non-hydrogen) atoms. The Balaban J connectivity index is 1.02. The number of piperidine rings is 1. The molecule has 6 fully saturated rings. The van der Waals surface area contributed by atoms with Crippen molar-refractivity contribution in [2.24, 2.45) is 45.8 Å². The van der Waals surface area contributed by atoms with Crippen LogP contribution < -0.4 is 10.2 Å². The zero-order valence-corrected chi connectivity index (χ0v) is 29.9. The number of benzene rings is 1. The van der Waals surface area contributed by atoms with E-state index in [1.54, 1.807) is 12.1 Å². The zero-order valence-electron chi connectivity index (χ0n) is 29.1. The van der Waals surface area contributed by atoms with Crippen LogP contribution in [0.2, 0.25) is 0 Å². The van der Waals surface area contributed by atoms with Gasteiger partial charge in [0, 0.05) is 59.7 Å². The summed E-state index contributed by atoms with van der Waals surface area (Å²) in [6, 6.07) is 5.21. The monoisotopic (exact) mass is 653 g/mol. The molecule has 0 spiro atoms. The standard InChI is InChI=1S/C39H60FN3O2S/c1-36(2)34-13-15-37(3)31-12-16-39(27-41-18-6-19-42-21-23-46(45)24-22-42)14-5-7-32(39)30(31)10-11-35(37)38(34,4)17-20-43(36)29-9-8-28(26-44)33(40)25-29/h8-9,25-26,30-32,34-35,41H,5-7,10-24,27H2,1-4H3/t30-,31?,32+,34-,35?,37-,38-,39+/m0/s1. The molecule has 2 aliphatic heterocycles. The SMILES string of the molecule is CC1(C)[C@@H]2CC[C@@]3(C)C4CC[C@@]5(CNCCCN6CCS(=O)CC6)CCC[C@@H]5[C@H]4CCC3[C@@]2(C)CCN1c1ccc(C=O)c(F)c1. The van der Waals surface area contributed by atoms with E-state index in [9.17, 15) is 13.4 Å². The van der Waals surface area contributed by atoms with E-state index >= 15 is 0 Å². The highest BCUT2D eigenvalue weighted by atomic mass is 32.2. The minimum atomic E-state index is -0.585. The molecule has 7 rings (SSSR count). The van der Waals surface area contributed by atoms with E-state index in [-0.39, 0.29) is 11.1 Å². The molecule has 2 heterocycles. The second-order valence-electron chi connectivity index (χ2n) is 17.5. The molecule has 0 bridgehead atoms. The fourth-order valence-corrected chi connectivity index (χ4v) is 14.4. The first-order valence-electron chi connectivity index (χ1n) is 18.8. The zero-order chi connectivity index (χ0) is 32.3. The molecular formula is C39H60FN3O2S. The van der Waals surface area contributed by atoms with E-state index in [2.05, 4.69) is 42.8 Å². The van der Waals surface area contributed by atoms with Gasteiger partial charge < -0.3 is 15.1 Å². The Bertz CT molecular complexity index is 1310. The average molecular weight is 654 g/mol. The van der Waals surface area contributed by atoms with Crippen molar-refractivity contribution < 1.29 is 13.4 Å². The number of rotatable bonds is 8. The number of carbonyl (C=O) groups is 1. The second kappa shape index (κ2) is 12.5. The lowest BCUT2D eigenvalue weighted by molar-refractivity contribution is -0.181. The Morgan fingerprint density at radius 1 is 0.913 bits per heavy atom. The van der Waals surface area contributed by atoms with Crippen molar-refractivity contribution in [2.75, 3.05) is 55.7 Å². The van der Waals surface area contributed by atoms with Gasteiger partial charge in [0.15, 0.2) is 6.29 Å². The lowest BCUT2D eigenvalue weighted by atomic mass is 9.37. The van der Waals surface area contributed by atoms with Gasteiger partial charge in [-0.25, -0.2) is 4.39 Å². The molecule has 4 saturated carbocycles. The number of halogens is 1. The van der Waals surface area contributed by atoms with Crippen LogP contribution in [0.25, 0.3) is 0 Å². The van der Waals surface area contributed by atoms with E-state index in [0.29, 0.717) is 28.4 Å². The summed E-state index contributed by atoms with van der Waals surface area (Å²) in [7, 11) is -0.585. The topological polar surface area (TPSA) is 52.7 Å². The van der Waals surface area contributed by atoms with E-state index in [4.69, 9.17) is 0 Å². The molecule has 1 N–H and O–H groups in total. The third-order valence-electron chi connectivity index (χ3n) is 15.4. The van der Waals surface area contributed by atoms with Crippen molar-refractivity contribution in [3.8, 4) is 0 Å². The van der Waals surface area contributed by atoms with Crippen LogP contribution in [-0.2, 0) is 10.8 Å². The summed E-state index contributed by atoms with van der Waals surface area (Å²) in [4.78, 5) is 16.2. The number of hydrogen-bond acceptors (Lipinski definition) is 5. The van der Waals surface area contributed by atoms with Crippen LogP contribution >= 0.6 is 0 Å². The Morgan fingerprint density at radius 2 is 1.72 bits per heavy atom. The molecule has 0 amide bonds. The van der Waals surface area contributed by atoms with E-state index in [1.807, 2.05) is 6.07 Å². The summed E-state index contributed by atoms with van der Waals surface area (Å²) in [6.07, 6.45) is 15.5. The molecule has 0 radical (unpaired) electrons. The maximum Gasteiger partial charge on any atom is 0.152 e. The predicted octanol–water partition coefficient (Wildman–Crippen LogP) is 7.32. The number of hydrogen-bond donors (Lipinski definition) is 1. The van der Waals surface area contributed by atoms with Crippen LogP contribution in [0.4, 0.5) is 10.1 Å². The first-order chi connectivity index (χ1) is 22.0. The molecule has 5 nitrogen and oxygen atoms in total. The van der Waals surface area contributed by atoms with Gasteiger partial charge in [0.1, 0.15) is 5.82 Å². The number of carbonyl (C=O) groups excluding carboxylic acids is 1. The minimum Gasteiger partial charge on any atom is -0.366 e. The first kappa shape index (κ1) is 33.2. The van der Waals surface area contributed by atoms with Gasteiger partial charge >= 0.3 is 0 Å². The molecule has 1 aromatic carbocycles. The number of anilines is 1. The van der Waals surface area contributed by atoms with Gasteiger partial charge in [-0.3, -0.25) is 9.00 Å². The summed E-state index contributed by atoms with van der Waals surface area (Å²) in [5.74, 6) is 5.28. The van der Waals surface area contributed by atoms with Gasteiger partial charge in [-0.05, 0) is 155 Å².